The molecule has 5 N–H and O–H groups in total. The van der Waals surface area contributed by atoms with Gasteiger partial charge in [0.05, 0.1) is 42.8 Å². The van der Waals surface area contributed by atoms with E-state index in [1.54, 1.807) is 12.2 Å². The third kappa shape index (κ3) is 23.0. The highest BCUT2D eigenvalue weighted by Crippen LogP contribution is 2.16. The quantitative estimate of drug-likeness (QED) is 0.0260. The summed E-state index contributed by atoms with van der Waals surface area (Å²) >= 11 is 0. The zero-order chi connectivity index (χ0) is 40.2. The number of carbonyl (C=O) groups excluding carboxylic acids is 7. The van der Waals surface area contributed by atoms with E-state index in [9.17, 15) is 64.4 Å². The van der Waals surface area contributed by atoms with Gasteiger partial charge in [-0.3, -0.25) is 29.6 Å². The average Bonchev–Trinajstić information content (AvgIpc) is 3.09. The van der Waals surface area contributed by atoms with Crippen molar-refractivity contribution in [2.75, 3.05) is 13.1 Å². The maximum Gasteiger partial charge on any atom is 0.269 e. The second kappa shape index (κ2) is 28.2. The highest BCUT2D eigenvalue weighted by Gasteiger charge is 2.36. The summed E-state index contributed by atoms with van der Waals surface area (Å²) in [5, 5.41) is 70.2. The van der Waals surface area contributed by atoms with Gasteiger partial charge in [-0.1, -0.05) is 64.5 Å². The first-order valence-electron chi connectivity index (χ1n) is 18.4. The number of allylic oxidation sites excluding steroid dienone is 2. The Bertz CT molecular complexity index is 1230. The minimum absolute atomic E-state index is 0.0736. The maximum atomic E-state index is 12.6. The number of hydroxylamine groups is 4. The van der Waals surface area contributed by atoms with Crippen molar-refractivity contribution in [1.82, 2.24) is 20.8 Å². The molecule has 17 nitrogen and oxygen atoms in total. The Hall–Kier alpha value is -4.35. The van der Waals surface area contributed by atoms with E-state index in [0.717, 1.165) is 51.4 Å². The van der Waals surface area contributed by atoms with Crippen LogP contribution >= 0.6 is 0 Å². The minimum Gasteiger partial charge on any atom is -0.548 e. The molecule has 17 heteroatoms. The van der Waals surface area contributed by atoms with E-state index in [-0.39, 0.29) is 51.6 Å². The number of hydrogen-bond donors (Lipinski definition) is 5. The van der Waals surface area contributed by atoms with Crippen LogP contribution in [0.5, 0.6) is 0 Å². The molecule has 302 valence electrons. The van der Waals surface area contributed by atoms with Crippen LogP contribution in [0.2, 0.25) is 0 Å². The molecule has 0 rings (SSSR count). The second-order valence-corrected chi connectivity index (χ2v) is 13.0. The normalized spacial score (nSPS) is 13.6. The first-order valence-corrected chi connectivity index (χ1v) is 18.4. The molecular weight excluding hydrogens is 696 g/mol. The SMILES string of the molecule is CCCCC/C=C/C(=O)N(O)CCCC[C@H](NC(=O)CC(O)(CC(=O)N[C@@H](CCCCN(O)C(=O)/C=C/CCCCCCC)C(=O)[O-])C(=O)[O-])C(=O)[O-]. The number of aliphatic carboxylic acids is 3. The van der Waals surface area contributed by atoms with Crippen LogP contribution in [-0.2, 0) is 33.6 Å². The van der Waals surface area contributed by atoms with Crippen LogP contribution in [0.1, 0.15) is 129 Å². The number of carbonyl (C=O) groups is 7. The van der Waals surface area contributed by atoms with E-state index >= 15 is 0 Å². The fraction of sp³-hybridized carbons (Fsp3) is 0.694. The second-order valence-electron chi connectivity index (χ2n) is 13.0. The Balaban J connectivity index is 4.89. The molecule has 3 atom stereocenters. The van der Waals surface area contributed by atoms with Crippen molar-refractivity contribution in [2.24, 2.45) is 0 Å². The van der Waals surface area contributed by atoms with Gasteiger partial charge in [0.15, 0.2) is 0 Å². The van der Waals surface area contributed by atoms with E-state index in [1.165, 1.54) is 12.2 Å². The highest BCUT2D eigenvalue weighted by atomic mass is 16.5. The van der Waals surface area contributed by atoms with Gasteiger partial charge >= 0.3 is 0 Å². The van der Waals surface area contributed by atoms with Crippen LogP contribution in [0.15, 0.2) is 24.3 Å². The molecule has 0 aromatic heterocycles. The van der Waals surface area contributed by atoms with Crippen molar-refractivity contribution in [2.45, 2.75) is 147 Å². The number of amides is 4. The highest BCUT2D eigenvalue weighted by molar-refractivity contribution is 5.93. The third-order valence-electron chi connectivity index (χ3n) is 8.23. The third-order valence-corrected chi connectivity index (χ3v) is 8.23. The lowest BCUT2D eigenvalue weighted by atomic mass is 9.94. The Morgan fingerprint density at radius 1 is 0.604 bits per heavy atom. The van der Waals surface area contributed by atoms with Gasteiger partial charge in [-0.25, -0.2) is 10.1 Å². The number of rotatable bonds is 31. The predicted octanol–water partition coefficient (Wildman–Crippen LogP) is -0.454. The van der Waals surface area contributed by atoms with Crippen LogP contribution < -0.4 is 26.0 Å². The summed E-state index contributed by atoms with van der Waals surface area (Å²) < 4.78 is 0. The molecular formula is C36H57N4O13-3. The summed E-state index contributed by atoms with van der Waals surface area (Å²) in [6, 6.07) is -3.32. The molecule has 0 spiro atoms. The van der Waals surface area contributed by atoms with Crippen molar-refractivity contribution in [3.63, 3.8) is 0 Å². The van der Waals surface area contributed by atoms with Gasteiger partial charge in [-0.2, -0.15) is 0 Å². The number of hydrogen-bond acceptors (Lipinski definition) is 13. The number of carboxylic acids is 3. The standard InChI is InChI=1S/C36H60N4O13/c1-3-5-7-9-10-12-14-22-32(44)40(53)24-18-16-20-28(34(47)48)38-30(42)26-36(51,35(49)50)25-29(41)37-27(33(45)46)19-15-17-23-39(52)31(43)21-13-11-8-6-4-2/h13-14,21-22,27-28,51-53H,3-12,15-20,23-26H2,1-2H3,(H,37,41)(H,38,42)(H,45,46)(H,47,48)(H,49,50)/p-3/b21-13+,22-14+/t27-,28-,36?/m0/s1. The van der Waals surface area contributed by atoms with Crippen LogP contribution in [-0.4, -0.2) is 98.0 Å². The molecule has 1 unspecified atom stereocenters. The molecule has 0 aromatic carbocycles. The largest absolute Gasteiger partial charge is 0.548 e. The van der Waals surface area contributed by atoms with E-state index in [4.69, 9.17) is 0 Å². The first kappa shape index (κ1) is 48.6. The zero-order valence-corrected chi connectivity index (χ0v) is 30.9. The lowest BCUT2D eigenvalue weighted by Gasteiger charge is -2.30. The topological polar surface area (TPSA) is 280 Å². The van der Waals surface area contributed by atoms with Gasteiger partial charge in [0.1, 0.15) is 5.60 Å². The van der Waals surface area contributed by atoms with Gasteiger partial charge in [0, 0.05) is 25.2 Å². The minimum atomic E-state index is -3.16. The van der Waals surface area contributed by atoms with Crippen molar-refractivity contribution >= 4 is 41.5 Å². The molecule has 53 heavy (non-hydrogen) atoms. The molecule has 0 fully saturated rings. The molecule has 0 aliphatic rings. The molecule has 0 aromatic rings. The predicted molar refractivity (Wildman–Crippen MR) is 184 cm³/mol. The van der Waals surface area contributed by atoms with Gasteiger partial charge in [-0.05, 0) is 64.2 Å². The van der Waals surface area contributed by atoms with Crippen LogP contribution in [0.25, 0.3) is 0 Å². The summed E-state index contributed by atoms with van der Waals surface area (Å²) in [6.45, 7) is 3.86. The lowest BCUT2D eigenvalue weighted by molar-refractivity contribution is -0.324. The number of aliphatic hydroxyl groups is 1. The van der Waals surface area contributed by atoms with Gasteiger partial charge < -0.3 is 45.4 Å². The van der Waals surface area contributed by atoms with Crippen molar-refractivity contribution in [3.8, 4) is 0 Å². The van der Waals surface area contributed by atoms with Crippen molar-refractivity contribution in [1.29, 1.82) is 0 Å². The Morgan fingerprint density at radius 2 is 0.981 bits per heavy atom. The van der Waals surface area contributed by atoms with Gasteiger partial charge in [-0.15, -0.1) is 0 Å². The fourth-order valence-electron chi connectivity index (χ4n) is 5.09. The summed E-state index contributed by atoms with van der Waals surface area (Å²) in [7, 11) is 0. The summed E-state index contributed by atoms with van der Waals surface area (Å²) in [5.74, 6) is -9.65. The summed E-state index contributed by atoms with van der Waals surface area (Å²) in [5.41, 5.74) is -3.16. The summed E-state index contributed by atoms with van der Waals surface area (Å²) in [6.07, 6.45) is 12.6. The smallest absolute Gasteiger partial charge is 0.269 e. The summed E-state index contributed by atoms with van der Waals surface area (Å²) in [4.78, 5) is 84.0. The van der Waals surface area contributed by atoms with Crippen LogP contribution in [0.3, 0.4) is 0 Å². The zero-order valence-electron chi connectivity index (χ0n) is 30.9. The van der Waals surface area contributed by atoms with E-state index in [1.807, 2.05) is 17.6 Å². The van der Waals surface area contributed by atoms with Crippen LogP contribution in [0.4, 0.5) is 0 Å². The van der Waals surface area contributed by atoms with E-state index < -0.39 is 72.1 Å². The molecule has 0 heterocycles. The maximum absolute atomic E-state index is 12.6. The van der Waals surface area contributed by atoms with Gasteiger partial charge in [0.25, 0.3) is 11.8 Å². The van der Waals surface area contributed by atoms with E-state index in [0.29, 0.717) is 23.0 Å². The fourth-order valence-corrected chi connectivity index (χ4v) is 5.09. The van der Waals surface area contributed by atoms with E-state index in [2.05, 4.69) is 6.92 Å². The van der Waals surface area contributed by atoms with Crippen LogP contribution in [0, 0.1) is 0 Å². The van der Waals surface area contributed by atoms with Gasteiger partial charge in [0.2, 0.25) is 11.8 Å². The molecule has 0 saturated heterocycles. The number of nitrogens with zero attached hydrogens (tertiary/aromatic N) is 2. The Labute approximate surface area is 311 Å². The number of nitrogens with one attached hydrogen (secondary N) is 2. The first-order chi connectivity index (χ1) is 25.1. The average molecular weight is 754 g/mol. The molecule has 0 bridgehead atoms. The molecule has 0 saturated carbocycles. The molecule has 0 radical (unpaired) electrons. The Kier molecular flexibility index (Phi) is 25.9. The van der Waals surface area contributed by atoms with Crippen molar-refractivity contribution in [3.05, 3.63) is 24.3 Å². The lowest BCUT2D eigenvalue weighted by Crippen LogP contribution is -2.56. The monoisotopic (exact) mass is 753 g/mol. The number of unbranched alkanes of at least 4 members (excludes halogenated alkanes) is 10. The Morgan fingerprint density at radius 3 is 1.36 bits per heavy atom. The molecule has 0 aliphatic carbocycles. The molecule has 0 aliphatic heterocycles. The van der Waals surface area contributed by atoms with Crippen molar-refractivity contribution < 1.29 is 64.4 Å². The molecule has 4 amide bonds. The number of carboxylic acid groups (broad SMARTS) is 3.